The summed E-state index contributed by atoms with van der Waals surface area (Å²) in [5.41, 5.74) is 2.13. The first-order valence-corrected chi connectivity index (χ1v) is 12.0. The highest BCUT2D eigenvalue weighted by atomic mass is 19.4. The van der Waals surface area contributed by atoms with Crippen molar-refractivity contribution in [3.63, 3.8) is 0 Å². The molecule has 2 unspecified atom stereocenters. The quantitative estimate of drug-likeness (QED) is 0.518. The molecule has 0 aliphatic heterocycles. The van der Waals surface area contributed by atoms with Crippen LogP contribution in [-0.4, -0.2) is 47.4 Å². The largest absolute Gasteiger partial charge is 0.449 e. The van der Waals surface area contributed by atoms with Crippen LogP contribution in [0.5, 0.6) is 0 Å². The topological polar surface area (TPSA) is 128 Å². The molecule has 9 nitrogen and oxygen atoms in total. The molecule has 5 rings (SSSR count). The van der Waals surface area contributed by atoms with E-state index in [0.29, 0.717) is 10.6 Å². The number of carbonyl (C=O) groups is 3. The van der Waals surface area contributed by atoms with E-state index < -0.39 is 34.8 Å². The van der Waals surface area contributed by atoms with Crippen molar-refractivity contribution in [3.8, 4) is 0 Å². The summed E-state index contributed by atoms with van der Waals surface area (Å²) < 4.78 is 47.7. The summed E-state index contributed by atoms with van der Waals surface area (Å²) >= 11 is 0. The summed E-state index contributed by atoms with van der Waals surface area (Å²) in [6.07, 6.45) is 1.74. The second-order valence-electron chi connectivity index (χ2n) is 11.0. The van der Waals surface area contributed by atoms with Crippen LogP contribution >= 0.6 is 0 Å². The van der Waals surface area contributed by atoms with E-state index in [1.165, 1.54) is 13.1 Å². The average Bonchev–Trinajstić information content (AvgIpc) is 3.23. The number of primary amides is 1. The number of nitrogens with two attached hydrogens (primary N) is 1. The number of amides is 3. The van der Waals surface area contributed by atoms with Crippen LogP contribution in [0.4, 0.5) is 18.0 Å². The lowest BCUT2D eigenvalue weighted by Gasteiger charge is -2.59. The number of nitrogens with one attached hydrogen (secondary N) is 2. The lowest BCUT2D eigenvalue weighted by Crippen LogP contribution is -2.60. The van der Waals surface area contributed by atoms with Gasteiger partial charge in [-0.2, -0.15) is 18.3 Å². The zero-order chi connectivity index (χ0) is 26.5. The minimum Gasteiger partial charge on any atom is -0.449 e. The number of ether oxygens (including phenoxy) is 1. The van der Waals surface area contributed by atoms with E-state index >= 15 is 0 Å². The molecule has 4 aliphatic rings. The molecule has 4 fully saturated rings. The van der Waals surface area contributed by atoms with Crippen molar-refractivity contribution in [2.75, 3.05) is 13.7 Å². The van der Waals surface area contributed by atoms with Gasteiger partial charge < -0.3 is 21.1 Å². The number of hydrogen-bond donors (Lipinski definition) is 3. The molecule has 1 aromatic heterocycles. The van der Waals surface area contributed by atoms with Crippen LogP contribution in [0.25, 0.3) is 6.20 Å². The Bertz CT molecular complexity index is 1060. The molecule has 0 spiro atoms. The van der Waals surface area contributed by atoms with Crippen LogP contribution < -0.4 is 16.4 Å². The second kappa shape index (κ2) is 9.11. The van der Waals surface area contributed by atoms with Crippen LogP contribution in [0.2, 0.25) is 0 Å². The van der Waals surface area contributed by atoms with Crippen molar-refractivity contribution in [1.82, 2.24) is 20.4 Å². The van der Waals surface area contributed by atoms with Gasteiger partial charge in [-0.25, -0.2) is 9.48 Å². The van der Waals surface area contributed by atoms with Crippen LogP contribution in [0, 0.1) is 28.6 Å². The van der Waals surface area contributed by atoms with Crippen molar-refractivity contribution < 1.29 is 32.3 Å². The van der Waals surface area contributed by atoms with Gasteiger partial charge in [-0.1, -0.05) is 6.08 Å². The fourth-order valence-corrected chi connectivity index (χ4v) is 6.64. The molecule has 1 aromatic rings. The van der Waals surface area contributed by atoms with Gasteiger partial charge in [-0.05, 0) is 63.7 Å². The maximum atomic E-state index is 14.0. The molecule has 2 atom stereocenters. The molecule has 0 aromatic carbocycles. The summed E-state index contributed by atoms with van der Waals surface area (Å²) in [5, 5.41) is 9.12. The van der Waals surface area contributed by atoms with Crippen LogP contribution in [0.3, 0.4) is 0 Å². The Morgan fingerprint density at radius 3 is 2.42 bits per heavy atom. The lowest BCUT2D eigenvalue weighted by molar-refractivity contribution is -0.142. The van der Waals surface area contributed by atoms with E-state index in [9.17, 15) is 27.6 Å². The van der Waals surface area contributed by atoms with Gasteiger partial charge in [0.25, 0.3) is 5.91 Å². The molecule has 4 N–H and O–H groups in total. The van der Waals surface area contributed by atoms with Crippen molar-refractivity contribution in [3.05, 3.63) is 23.5 Å². The Balaban J connectivity index is 1.54. The maximum absolute atomic E-state index is 14.0. The molecule has 36 heavy (non-hydrogen) atoms. The molecule has 4 saturated carbocycles. The Hall–Kier alpha value is -3.05. The summed E-state index contributed by atoms with van der Waals surface area (Å²) in [4.78, 5) is 36.3. The molecule has 3 amide bonds. The first-order chi connectivity index (χ1) is 16.7. The number of carbonyl (C=O) groups excluding carboxylic acids is 3. The van der Waals surface area contributed by atoms with Crippen LogP contribution in [0.15, 0.2) is 12.3 Å². The van der Waals surface area contributed by atoms with Gasteiger partial charge in [0, 0.05) is 24.7 Å². The van der Waals surface area contributed by atoms with E-state index in [1.54, 1.807) is 13.8 Å². The van der Waals surface area contributed by atoms with Gasteiger partial charge in [0.2, 0.25) is 5.91 Å². The number of hydrogen-bond acceptors (Lipinski definition) is 5. The van der Waals surface area contributed by atoms with Gasteiger partial charge in [-0.3, -0.25) is 9.59 Å². The number of rotatable bonds is 7. The fraction of sp³-hybridized carbons (Fsp3) is 0.667. The molecule has 0 radical (unpaired) electrons. The van der Waals surface area contributed by atoms with Gasteiger partial charge in [0.05, 0.1) is 23.8 Å². The van der Waals surface area contributed by atoms with Gasteiger partial charge in [-0.15, -0.1) is 0 Å². The van der Waals surface area contributed by atoms with Crippen molar-refractivity contribution in [2.24, 2.45) is 34.3 Å². The predicted molar refractivity (Wildman–Crippen MR) is 123 cm³/mol. The molecule has 1 heterocycles. The monoisotopic (exact) mass is 511 g/mol. The Kier molecular flexibility index (Phi) is 6.59. The molecular weight excluding hydrogens is 479 g/mol. The normalized spacial score (nSPS) is 29.4. The third kappa shape index (κ3) is 4.94. The molecule has 4 bridgehead atoms. The Labute approximate surface area is 207 Å². The first kappa shape index (κ1) is 26.0. The van der Waals surface area contributed by atoms with Crippen LogP contribution in [0.1, 0.15) is 62.0 Å². The zero-order valence-electron chi connectivity index (χ0n) is 20.5. The average molecular weight is 512 g/mol. The number of alkyl halides is 3. The van der Waals surface area contributed by atoms with Gasteiger partial charge >= 0.3 is 12.3 Å². The van der Waals surface area contributed by atoms with E-state index in [1.807, 2.05) is 0 Å². The summed E-state index contributed by atoms with van der Waals surface area (Å²) in [5.74, 6) is -0.580. The first-order valence-electron chi connectivity index (χ1n) is 12.0. The number of aromatic nitrogens is 2. The summed E-state index contributed by atoms with van der Waals surface area (Å²) in [6, 6.07) is -0.261. The Morgan fingerprint density at radius 2 is 1.86 bits per heavy atom. The maximum Gasteiger partial charge on any atom is 0.434 e. The molecule has 12 heteroatoms. The fourth-order valence-electron chi connectivity index (χ4n) is 6.64. The highest BCUT2D eigenvalue weighted by Gasteiger charge is 2.56. The van der Waals surface area contributed by atoms with E-state index in [0.717, 1.165) is 44.5 Å². The van der Waals surface area contributed by atoms with E-state index in [2.05, 4.69) is 15.7 Å². The molecule has 0 saturated heterocycles. The third-order valence-corrected chi connectivity index (χ3v) is 7.97. The van der Waals surface area contributed by atoms with E-state index in [-0.39, 0.29) is 35.8 Å². The van der Waals surface area contributed by atoms with Gasteiger partial charge in [0.15, 0.2) is 5.69 Å². The van der Waals surface area contributed by atoms with Crippen molar-refractivity contribution in [1.29, 1.82) is 0 Å². The highest BCUT2D eigenvalue weighted by Crippen LogP contribution is 2.60. The van der Waals surface area contributed by atoms with Crippen molar-refractivity contribution >= 4 is 24.1 Å². The van der Waals surface area contributed by atoms with Crippen molar-refractivity contribution in [2.45, 2.75) is 58.2 Å². The molecular formula is C24H32F3N5O4. The van der Waals surface area contributed by atoms with E-state index in [4.69, 9.17) is 10.5 Å². The SMILES string of the molecule is CNC(=O)C(C)(C)/C=C/n1ncc(C(=O)NC2C3CC4CC2CC(COC(N)=O)(C4)C3)c1C(F)(F)F. The van der Waals surface area contributed by atoms with Crippen LogP contribution in [-0.2, 0) is 15.7 Å². The standard InChI is InChI=1S/C24H32F3N5O4/c1-22(2,20(34)29-3)4-5-32-18(24(25,26)27)16(11-30-32)19(33)31-17-14-6-13-7-15(17)10-23(8-13,9-14)12-36-21(28)35/h4-5,11,13-15,17H,6-10,12H2,1-3H3,(H2,28,35)(H,29,34)(H,31,33)/b5-4+. The smallest absolute Gasteiger partial charge is 0.434 e. The van der Waals surface area contributed by atoms with Gasteiger partial charge in [0.1, 0.15) is 0 Å². The summed E-state index contributed by atoms with van der Waals surface area (Å²) in [7, 11) is 1.44. The molecule has 4 aliphatic carbocycles. The lowest BCUT2D eigenvalue weighted by atomic mass is 9.48. The number of halogens is 3. The second-order valence-corrected chi connectivity index (χ2v) is 11.0. The molecule has 198 valence electrons. The zero-order valence-corrected chi connectivity index (χ0v) is 20.5. The minimum atomic E-state index is -4.84. The predicted octanol–water partition coefficient (Wildman–Crippen LogP) is 3.16. The third-order valence-electron chi connectivity index (χ3n) is 7.97. The minimum absolute atomic E-state index is 0.0920. The number of nitrogens with zero attached hydrogens (tertiary/aromatic N) is 2. The Morgan fingerprint density at radius 1 is 1.22 bits per heavy atom. The summed E-state index contributed by atoms with van der Waals surface area (Å²) in [6.45, 7) is 3.34. The highest BCUT2D eigenvalue weighted by molar-refractivity contribution is 5.95.